The lowest BCUT2D eigenvalue weighted by molar-refractivity contribution is 0.0946. The maximum absolute atomic E-state index is 13.8. The summed E-state index contributed by atoms with van der Waals surface area (Å²) in [6.07, 6.45) is 0. The molecule has 0 atom stereocenters. The van der Waals surface area contributed by atoms with Crippen LogP contribution in [0.3, 0.4) is 0 Å². The van der Waals surface area contributed by atoms with Gasteiger partial charge in [-0.2, -0.15) is 0 Å². The molecule has 3 nitrogen and oxygen atoms in total. The number of hydrogen-bond donors (Lipinski definition) is 1. The summed E-state index contributed by atoms with van der Waals surface area (Å²) in [7, 11) is 0. The minimum atomic E-state index is -0.556. The van der Waals surface area contributed by atoms with Crippen LogP contribution in [0.1, 0.15) is 15.4 Å². The smallest absolute Gasteiger partial charge is 0.254 e. The van der Waals surface area contributed by atoms with Gasteiger partial charge in [0.2, 0.25) is 0 Å². The maximum atomic E-state index is 13.8. The number of thiazole rings is 1. The second-order valence-corrected chi connectivity index (χ2v) is 6.33. The Hall–Kier alpha value is -1.79. The number of halogens is 2. The average Bonchev–Trinajstić information content (AvgIpc) is 2.90. The van der Waals surface area contributed by atoms with Gasteiger partial charge in [0, 0.05) is 0 Å². The average molecular weight is 365 g/mol. The standard InChI is InChI=1S/C15H10BrFN2OS/c16-10-5-3-4-9(14(10)17)15(20)18-8-13-19-11-6-1-2-7-12(11)21-13/h1-7H,8H2,(H,18,20). The molecule has 1 N–H and O–H groups in total. The van der Waals surface area contributed by atoms with Crippen LogP contribution in [0.15, 0.2) is 46.9 Å². The number of benzene rings is 2. The summed E-state index contributed by atoms with van der Waals surface area (Å²) in [5, 5.41) is 3.48. The Balaban J connectivity index is 1.75. The highest BCUT2D eigenvalue weighted by molar-refractivity contribution is 9.10. The summed E-state index contributed by atoms with van der Waals surface area (Å²) in [5.41, 5.74) is 0.922. The van der Waals surface area contributed by atoms with E-state index in [4.69, 9.17) is 0 Å². The van der Waals surface area contributed by atoms with Crippen molar-refractivity contribution in [3.05, 3.63) is 63.3 Å². The summed E-state index contributed by atoms with van der Waals surface area (Å²) in [6, 6.07) is 12.4. The van der Waals surface area contributed by atoms with Crippen LogP contribution in [0.2, 0.25) is 0 Å². The Morgan fingerprint density at radius 2 is 2.05 bits per heavy atom. The summed E-state index contributed by atoms with van der Waals surface area (Å²) in [5.74, 6) is -1.01. The molecule has 106 valence electrons. The van der Waals surface area contributed by atoms with E-state index in [1.54, 1.807) is 12.1 Å². The van der Waals surface area contributed by atoms with E-state index in [-0.39, 0.29) is 16.6 Å². The molecule has 0 spiro atoms. The summed E-state index contributed by atoms with van der Waals surface area (Å²) >= 11 is 4.58. The molecule has 0 saturated heterocycles. The fourth-order valence-electron chi connectivity index (χ4n) is 1.93. The zero-order chi connectivity index (χ0) is 14.8. The van der Waals surface area contributed by atoms with Gasteiger partial charge in [-0.3, -0.25) is 4.79 Å². The molecule has 0 aliphatic carbocycles. The molecular weight excluding hydrogens is 355 g/mol. The van der Waals surface area contributed by atoms with Crippen molar-refractivity contribution in [2.45, 2.75) is 6.54 Å². The molecule has 1 amide bonds. The third-order valence-corrected chi connectivity index (χ3v) is 4.58. The van der Waals surface area contributed by atoms with Crippen molar-refractivity contribution in [1.29, 1.82) is 0 Å². The Labute approximate surface area is 133 Å². The van der Waals surface area contributed by atoms with Gasteiger partial charge in [0.25, 0.3) is 5.91 Å². The number of para-hydroxylation sites is 1. The molecule has 1 aromatic heterocycles. The number of carbonyl (C=O) groups is 1. The van der Waals surface area contributed by atoms with Crippen LogP contribution in [-0.2, 0) is 6.54 Å². The van der Waals surface area contributed by atoms with Gasteiger partial charge in [-0.15, -0.1) is 11.3 Å². The van der Waals surface area contributed by atoms with Crippen molar-refractivity contribution >= 4 is 43.4 Å². The summed E-state index contributed by atoms with van der Waals surface area (Å²) in [6.45, 7) is 0.282. The van der Waals surface area contributed by atoms with Gasteiger partial charge in [0.15, 0.2) is 0 Å². The highest BCUT2D eigenvalue weighted by Crippen LogP contribution is 2.22. The highest BCUT2D eigenvalue weighted by Gasteiger charge is 2.14. The lowest BCUT2D eigenvalue weighted by Gasteiger charge is -2.05. The first kappa shape index (κ1) is 14.2. The Kier molecular flexibility index (Phi) is 3.98. The third kappa shape index (κ3) is 2.96. The lowest BCUT2D eigenvalue weighted by atomic mass is 10.2. The Morgan fingerprint density at radius 3 is 2.86 bits per heavy atom. The fourth-order valence-corrected chi connectivity index (χ4v) is 3.20. The molecule has 3 aromatic rings. The van der Waals surface area contributed by atoms with Crippen molar-refractivity contribution < 1.29 is 9.18 Å². The van der Waals surface area contributed by atoms with Crippen molar-refractivity contribution in [3.8, 4) is 0 Å². The number of aromatic nitrogens is 1. The molecule has 0 aliphatic heterocycles. The molecule has 2 aromatic carbocycles. The minimum absolute atomic E-state index is 0.0190. The molecule has 1 heterocycles. The van der Waals surface area contributed by atoms with E-state index in [9.17, 15) is 9.18 Å². The van der Waals surface area contributed by atoms with E-state index in [1.165, 1.54) is 17.4 Å². The maximum Gasteiger partial charge on any atom is 0.254 e. The number of rotatable bonds is 3. The number of hydrogen-bond acceptors (Lipinski definition) is 3. The molecule has 0 unspecified atom stereocenters. The third-order valence-electron chi connectivity index (χ3n) is 2.93. The second-order valence-electron chi connectivity index (χ2n) is 4.36. The normalized spacial score (nSPS) is 10.8. The molecule has 21 heavy (non-hydrogen) atoms. The zero-order valence-electron chi connectivity index (χ0n) is 10.8. The first-order valence-electron chi connectivity index (χ1n) is 6.22. The van der Waals surface area contributed by atoms with Gasteiger partial charge in [-0.05, 0) is 40.2 Å². The number of nitrogens with one attached hydrogen (secondary N) is 1. The molecule has 0 saturated carbocycles. The van der Waals surface area contributed by atoms with Gasteiger partial charge >= 0.3 is 0 Å². The Morgan fingerprint density at radius 1 is 1.24 bits per heavy atom. The van der Waals surface area contributed by atoms with Crippen LogP contribution in [-0.4, -0.2) is 10.9 Å². The topological polar surface area (TPSA) is 42.0 Å². The van der Waals surface area contributed by atoms with E-state index in [0.717, 1.165) is 15.2 Å². The first-order chi connectivity index (χ1) is 10.1. The number of carbonyl (C=O) groups excluding carboxylic acids is 1. The van der Waals surface area contributed by atoms with E-state index < -0.39 is 11.7 Å². The van der Waals surface area contributed by atoms with E-state index in [2.05, 4.69) is 26.2 Å². The van der Waals surface area contributed by atoms with Gasteiger partial charge in [0.05, 0.1) is 26.8 Å². The molecule has 0 radical (unpaired) electrons. The minimum Gasteiger partial charge on any atom is -0.345 e. The van der Waals surface area contributed by atoms with Crippen LogP contribution < -0.4 is 5.32 Å². The van der Waals surface area contributed by atoms with E-state index in [0.29, 0.717) is 0 Å². The predicted octanol–water partition coefficient (Wildman–Crippen LogP) is 4.13. The van der Waals surface area contributed by atoms with Crippen molar-refractivity contribution in [1.82, 2.24) is 10.3 Å². The number of fused-ring (bicyclic) bond motifs is 1. The molecule has 3 rings (SSSR count). The molecule has 0 fully saturated rings. The summed E-state index contributed by atoms with van der Waals surface area (Å²) in [4.78, 5) is 16.4. The highest BCUT2D eigenvalue weighted by atomic mass is 79.9. The van der Waals surface area contributed by atoms with Crippen molar-refractivity contribution in [2.75, 3.05) is 0 Å². The van der Waals surface area contributed by atoms with Gasteiger partial charge in [0.1, 0.15) is 10.8 Å². The monoisotopic (exact) mass is 364 g/mol. The van der Waals surface area contributed by atoms with Gasteiger partial charge in [-0.1, -0.05) is 18.2 Å². The number of nitrogens with zero attached hydrogens (tertiary/aromatic N) is 1. The molecule has 0 aliphatic rings. The van der Waals surface area contributed by atoms with E-state index >= 15 is 0 Å². The first-order valence-corrected chi connectivity index (χ1v) is 7.83. The Bertz CT molecular complexity index is 785. The van der Waals surface area contributed by atoms with Crippen molar-refractivity contribution in [2.24, 2.45) is 0 Å². The predicted molar refractivity (Wildman–Crippen MR) is 84.9 cm³/mol. The van der Waals surface area contributed by atoms with Crippen LogP contribution in [0.4, 0.5) is 4.39 Å². The lowest BCUT2D eigenvalue weighted by Crippen LogP contribution is -2.23. The summed E-state index contributed by atoms with van der Waals surface area (Å²) < 4.78 is 15.2. The van der Waals surface area contributed by atoms with E-state index in [1.807, 2.05) is 24.3 Å². The van der Waals surface area contributed by atoms with Crippen LogP contribution in [0, 0.1) is 5.82 Å². The van der Waals surface area contributed by atoms with Crippen LogP contribution >= 0.6 is 27.3 Å². The SMILES string of the molecule is O=C(NCc1nc2ccccc2s1)c1cccc(Br)c1F. The molecule has 6 heteroatoms. The zero-order valence-corrected chi connectivity index (χ0v) is 13.2. The fraction of sp³-hybridized carbons (Fsp3) is 0.0667. The van der Waals surface area contributed by atoms with Crippen molar-refractivity contribution in [3.63, 3.8) is 0 Å². The van der Waals surface area contributed by atoms with Crippen LogP contribution in [0.5, 0.6) is 0 Å². The second kappa shape index (κ2) is 5.91. The van der Waals surface area contributed by atoms with Gasteiger partial charge in [-0.25, -0.2) is 9.37 Å². The van der Waals surface area contributed by atoms with Crippen LogP contribution in [0.25, 0.3) is 10.2 Å². The largest absolute Gasteiger partial charge is 0.345 e. The van der Waals surface area contributed by atoms with Gasteiger partial charge < -0.3 is 5.32 Å². The molecular formula is C15H10BrFN2OS. The quantitative estimate of drug-likeness (QED) is 0.759. The number of amides is 1. The molecule has 0 bridgehead atoms.